The van der Waals surface area contributed by atoms with Crippen molar-refractivity contribution in [3.05, 3.63) is 60.2 Å². The lowest BCUT2D eigenvalue weighted by Crippen LogP contribution is -2.39. The van der Waals surface area contributed by atoms with E-state index in [0.717, 1.165) is 19.6 Å². The minimum absolute atomic E-state index is 0.211. The molecule has 0 radical (unpaired) electrons. The van der Waals surface area contributed by atoms with Gasteiger partial charge in [-0.15, -0.1) is 0 Å². The molecular formula is C21H29N3O. The van der Waals surface area contributed by atoms with Crippen LogP contribution >= 0.6 is 0 Å². The van der Waals surface area contributed by atoms with Gasteiger partial charge in [0.2, 0.25) is 0 Å². The van der Waals surface area contributed by atoms with E-state index >= 15 is 0 Å². The lowest BCUT2D eigenvalue weighted by molar-refractivity contribution is 0.143. The zero-order chi connectivity index (χ0) is 17.6. The predicted octanol–water partition coefficient (Wildman–Crippen LogP) is 2.82. The van der Waals surface area contributed by atoms with Crippen LogP contribution in [0.3, 0.4) is 0 Å². The van der Waals surface area contributed by atoms with Gasteiger partial charge in [-0.3, -0.25) is 10.3 Å². The minimum Gasteiger partial charge on any atom is -0.395 e. The first-order valence-corrected chi connectivity index (χ1v) is 9.17. The minimum atomic E-state index is 0.211. The molecule has 25 heavy (non-hydrogen) atoms. The van der Waals surface area contributed by atoms with E-state index < -0.39 is 0 Å². The van der Waals surface area contributed by atoms with Crippen LogP contribution in [-0.2, 0) is 0 Å². The van der Waals surface area contributed by atoms with E-state index in [9.17, 15) is 5.11 Å². The summed E-state index contributed by atoms with van der Waals surface area (Å²) in [5, 5.41) is 9.31. The van der Waals surface area contributed by atoms with Crippen molar-refractivity contribution < 1.29 is 5.11 Å². The fourth-order valence-corrected chi connectivity index (χ4v) is 3.56. The number of rotatable bonds is 7. The molecule has 0 bridgehead atoms. The van der Waals surface area contributed by atoms with E-state index in [1.165, 1.54) is 16.7 Å². The molecule has 0 aliphatic carbocycles. The first-order valence-electron chi connectivity index (χ1n) is 9.17. The van der Waals surface area contributed by atoms with Crippen molar-refractivity contribution in [3.8, 4) is 11.1 Å². The summed E-state index contributed by atoms with van der Waals surface area (Å²) in [6, 6.07) is 20.1. The summed E-state index contributed by atoms with van der Waals surface area (Å²) in [7, 11) is 0. The molecule has 0 aromatic heterocycles. The Bertz CT molecular complexity index is 642. The second kappa shape index (κ2) is 8.59. The van der Waals surface area contributed by atoms with Crippen LogP contribution in [0.2, 0.25) is 0 Å². The highest BCUT2D eigenvalue weighted by Crippen LogP contribution is 2.28. The Hall–Kier alpha value is -1.72. The molecule has 1 fully saturated rings. The molecule has 0 amide bonds. The van der Waals surface area contributed by atoms with E-state index in [0.29, 0.717) is 18.0 Å². The van der Waals surface area contributed by atoms with Crippen LogP contribution in [0.5, 0.6) is 0 Å². The van der Waals surface area contributed by atoms with E-state index in [1.807, 2.05) is 6.07 Å². The van der Waals surface area contributed by atoms with Crippen molar-refractivity contribution in [3.63, 3.8) is 0 Å². The molecule has 134 valence electrons. The zero-order valence-electron chi connectivity index (χ0n) is 15.2. The maximum Gasteiger partial charge on any atom is 0.0558 e. The van der Waals surface area contributed by atoms with E-state index in [2.05, 4.69) is 78.1 Å². The van der Waals surface area contributed by atoms with Gasteiger partial charge in [0.25, 0.3) is 0 Å². The SMILES string of the molecule is CC(C)N(CCO)CC1CNNC1c1ccc(-c2ccccc2)cc1. The van der Waals surface area contributed by atoms with Crippen molar-refractivity contribution in [1.82, 2.24) is 15.8 Å². The predicted molar refractivity (Wildman–Crippen MR) is 103 cm³/mol. The fourth-order valence-electron chi connectivity index (χ4n) is 3.56. The molecule has 0 saturated carbocycles. The van der Waals surface area contributed by atoms with Crippen LogP contribution in [0, 0.1) is 5.92 Å². The number of hydrogen-bond donors (Lipinski definition) is 3. The quantitative estimate of drug-likeness (QED) is 0.726. The van der Waals surface area contributed by atoms with Gasteiger partial charge >= 0.3 is 0 Å². The molecular weight excluding hydrogens is 310 g/mol. The van der Waals surface area contributed by atoms with E-state index in [-0.39, 0.29) is 6.61 Å². The van der Waals surface area contributed by atoms with Gasteiger partial charge in [-0.1, -0.05) is 54.6 Å². The summed E-state index contributed by atoms with van der Waals surface area (Å²) < 4.78 is 0. The van der Waals surface area contributed by atoms with Crippen LogP contribution in [0.15, 0.2) is 54.6 Å². The van der Waals surface area contributed by atoms with E-state index in [4.69, 9.17) is 0 Å². The molecule has 2 aromatic rings. The molecule has 3 N–H and O–H groups in total. The maximum absolute atomic E-state index is 9.31. The molecule has 1 saturated heterocycles. The van der Waals surface area contributed by atoms with Gasteiger partial charge < -0.3 is 5.11 Å². The van der Waals surface area contributed by atoms with Gasteiger partial charge in [-0.05, 0) is 30.5 Å². The van der Waals surface area contributed by atoms with Crippen molar-refractivity contribution in [2.24, 2.45) is 5.92 Å². The average Bonchev–Trinajstić information content (AvgIpc) is 3.10. The van der Waals surface area contributed by atoms with Gasteiger partial charge in [0, 0.05) is 31.6 Å². The van der Waals surface area contributed by atoms with Gasteiger partial charge in [0.15, 0.2) is 0 Å². The number of benzene rings is 2. The van der Waals surface area contributed by atoms with Crippen molar-refractivity contribution >= 4 is 0 Å². The molecule has 1 aliphatic rings. The molecule has 1 heterocycles. The van der Waals surface area contributed by atoms with Gasteiger partial charge in [-0.25, -0.2) is 5.43 Å². The Kier molecular flexibility index (Phi) is 6.21. The normalized spacial score (nSPS) is 20.5. The Balaban J connectivity index is 1.71. The summed E-state index contributed by atoms with van der Waals surface area (Å²) in [4.78, 5) is 2.35. The second-order valence-electron chi connectivity index (χ2n) is 7.06. The third kappa shape index (κ3) is 4.47. The van der Waals surface area contributed by atoms with Crippen LogP contribution in [-0.4, -0.2) is 42.3 Å². The van der Waals surface area contributed by atoms with Crippen LogP contribution < -0.4 is 10.9 Å². The smallest absolute Gasteiger partial charge is 0.0558 e. The first-order chi connectivity index (χ1) is 12.2. The van der Waals surface area contributed by atoms with Crippen molar-refractivity contribution in [2.45, 2.75) is 25.9 Å². The number of aliphatic hydroxyl groups excluding tert-OH is 1. The third-order valence-electron chi connectivity index (χ3n) is 5.06. The Labute approximate surface area is 150 Å². The van der Waals surface area contributed by atoms with Gasteiger partial charge in [-0.2, -0.15) is 0 Å². The van der Waals surface area contributed by atoms with Crippen molar-refractivity contribution in [1.29, 1.82) is 0 Å². The lowest BCUT2D eigenvalue weighted by atomic mass is 9.92. The molecule has 2 aromatic carbocycles. The van der Waals surface area contributed by atoms with Gasteiger partial charge in [0.05, 0.1) is 12.6 Å². The highest BCUT2D eigenvalue weighted by atomic mass is 16.3. The largest absolute Gasteiger partial charge is 0.395 e. The Morgan fingerprint density at radius 3 is 2.36 bits per heavy atom. The zero-order valence-corrected chi connectivity index (χ0v) is 15.2. The van der Waals surface area contributed by atoms with Crippen LogP contribution in [0.1, 0.15) is 25.5 Å². The molecule has 3 rings (SSSR count). The number of nitrogens with one attached hydrogen (secondary N) is 2. The highest BCUT2D eigenvalue weighted by molar-refractivity contribution is 5.63. The van der Waals surface area contributed by atoms with Crippen molar-refractivity contribution in [2.75, 3.05) is 26.2 Å². The topological polar surface area (TPSA) is 47.5 Å². The molecule has 2 atom stereocenters. The number of hydrogen-bond acceptors (Lipinski definition) is 4. The number of nitrogens with zero attached hydrogens (tertiary/aromatic N) is 1. The lowest BCUT2D eigenvalue weighted by Gasteiger charge is -2.30. The van der Waals surface area contributed by atoms with Crippen LogP contribution in [0.25, 0.3) is 11.1 Å². The summed E-state index contributed by atoms with van der Waals surface area (Å²) in [5.41, 5.74) is 10.5. The fraction of sp³-hybridized carbons (Fsp3) is 0.429. The van der Waals surface area contributed by atoms with Gasteiger partial charge in [0.1, 0.15) is 0 Å². The first kappa shape index (κ1) is 18.1. The summed E-state index contributed by atoms with van der Waals surface area (Å²) in [6.07, 6.45) is 0. The number of aliphatic hydroxyl groups is 1. The monoisotopic (exact) mass is 339 g/mol. The Morgan fingerprint density at radius 2 is 1.72 bits per heavy atom. The molecule has 1 aliphatic heterocycles. The summed E-state index contributed by atoms with van der Waals surface area (Å²) in [6.45, 7) is 7.24. The Morgan fingerprint density at radius 1 is 1.04 bits per heavy atom. The van der Waals surface area contributed by atoms with E-state index in [1.54, 1.807) is 0 Å². The molecule has 4 nitrogen and oxygen atoms in total. The average molecular weight is 339 g/mol. The maximum atomic E-state index is 9.31. The molecule has 0 spiro atoms. The standard InChI is InChI=1S/C21H29N3O/c1-16(2)24(12-13-25)15-20-14-22-23-21(20)19-10-8-18(9-11-19)17-6-4-3-5-7-17/h3-11,16,20-23,25H,12-15H2,1-2H3. The highest BCUT2D eigenvalue weighted by Gasteiger charge is 2.30. The van der Waals surface area contributed by atoms with Crippen LogP contribution in [0.4, 0.5) is 0 Å². The summed E-state index contributed by atoms with van der Waals surface area (Å²) in [5.74, 6) is 0.483. The second-order valence-corrected chi connectivity index (χ2v) is 7.06. The third-order valence-corrected chi connectivity index (χ3v) is 5.06. The molecule has 2 unspecified atom stereocenters. The summed E-state index contributed by atoms with van der Waals surface area (Å²) >= 11 is 0. The molecule has 4 heteroatoms. The number of hydrazine groups is 1.